The lowest BCUT2D eigenvalue weighted by atomic mass is 10.1. The molecule has 0 aliphatic heterocycles. The maximum absolute atomic E-state index is 12.2. The Labute approximate surface area is 245 Å². The van der Waals surface area contributed by atoms with Crippen LogP contribution in [-0.4, -0.2) is 50.4 Å². The SMILES string of the molecule is CCCCCCCC/C=C\CCCCCCCCOCCOP(=O)(O)CC/C=C/Cn1cnc2c(=O)[nH]c(N)nc21. The van der Waals surface area contributed by atoms with Crippen LogP contribution < -0.4 is 11.3 Å². The third-order valence-electron chi connectivity index (χ3n) is 6.86. The Morgan fingerprint density at radius 3 is 2.24 bits per heavy atom. The van der Waals surface area contributed by atoms with Gasteiger partial charge >= 0.3 is 7.60 Å². The molecule has 0 amide bonds. The number of nitrogens with two attached hydrogens (primary N) is 1. The fourth-order valence-electron chi connectivity index (χ4n) is 4.51. The predicted molar refractivity (Wildman–Crippen MR) is 167 cm³/mol. The van der Waals surface area contributed by atoms with Crippen LogP contribution in [0.1, 0.15) is 103 Å². The zero-order valence-electron chi connectivity index (χ0n) is 25.0. The van der Waals surface area contributed by atoms with Crippen molar-refractivity contribution in [3.63, 3.8) is 0 Å². The number of imidazole rings is 1. The molecule has 41 heavy (non-hydrogen) atoms. The Hall–Kier alpha value is -2.26. The summed E-state index contributed by atoms with van der Waals surface area (Å²) in [7, 11) is -3.67. The predicted octanol–water partition coefficient (Wildman–Crippen LogP) is 6.90. The maximum Gasteiger partial charge on any atom is 0.328 e. The highest BCUT2D eigenvalue weighted by Crippen LogP contribution is 2.42. The smallest absolute Gasteiger partial charge is 0.328 e. The molecule has 1 unspecified atom stereocenters. The van der Waals surface area contributed by atoms with Gasteiger partial charge in [-0.15, -0.1) is 0 Å². The van der Waals surface area contributed by atoms with Crippen molar-refractivity contribution in [3.8, 4) is 0 Å². The summed E-state index contributed by atoms with van der Waals surface area (Å²) in [4.78, 5) is 32.4. The van der Waals surface area contributed by atoms with Gasteiger partial charge in [-0.25, -0.2) is 4.98 Å². The lowest BCUT2D eigenvalue weighted by Crippen LogP contribution is -2.12. The van der Waals surface area contributed by atoms with E-state index in [9.17, 15) is 14.3 Å². The Bertz CT molecular complexity index is 1130. The quantitative estimate of drug-likeness (QED) is 0.0640. The standard InChI is InChI=1S/C30H52N5O5P/c1-2-3-4-5-6-7-8-9-10-11-12-13-14-15-16-19-22-39-23-24-40-41(37,38)25-20-17-18-21-35-26-32-27-28(35)33-30(31)34-29(27)36/h9-10,17-18,26H,2-8,11-16,19-25H2,1H3,(H,37,38)(H3,31,33,34,36)/b10-9-,18-17+. The number of fused-ring (bicyclic) bond motifs is 1. The first-order valence-electron chi connectivity index (χ1n) is 15.5. The van der Waals surface area contributed by atoms with E-state index in [1.54, 1.807) is 10.6 Å². The summed E-state index contributed by atoms with van der Waals surface area (Å²) >= 11 is 0. The van der Waals surface area contributed by atoms with E-state index in [4.69, 9.17) is 15.0 Å². The largest absolute Gasteiger partial charge is 0.379 e. The van der Waals surface area contributed by atoms with Gasteiger partial charge in [0.15, 0.2) is 11.2 Å². The molecular weight excluding hydrogens is 541 g/mol. The van der Waals surface area contributed by atoms with E-state index in [1.807, 2.05) is 6.08 Å². The van der Waals surface area contributed by atoms with Crippen molar-refractivity contribution in [3.05, 3.63) is 41.0 Å². The maximum atomic E-state index is 12.2. The van der Waals surface area contributed by atoms with Crippen LogP contribution in [0, 0.1) is 0 Å². The molecule has 2 aromatic rings. The molecule has 0 aromatic carbocycles. The van der Waals surface area contributed by atoms with Gasteiger partial charge in [-0.2, -0.15) is 4.98 Å². The molecule has 232 valence electrons. The number of allylic oxidation sites excluding steroid dienone is 4. The second-order valence-electron chi connectivity index (χ2n) is 10.5. The second kappa shape index (κ2) is 21.4. The number of unbranched alkanes of at least 4 members (excludes halogenated alkanes) is 12. The summed E-state index contributed by atoms with van der Waals surface area (Å²) in [5.41, 5.74) is 5.82. The van der Waals surface area contributed by atoms with Crippen molar-refractivity contribution in [1.82, 2.24) is 19.5 Å². The van der Waals surface area contributed by atoms with Gasteiger partial charge in [-0.1, -0.05) is 89.0 Å². The van der Waals surface area contributed by atoms with Crippen molar-refractivity contribution in [1.29, 1.82) is 0 Å². The Morgan fingerprint density at radius 2 is 1.54 bits per heavy atom. The molecular formula is C30H52N5O5P. The number of aromatic amines is 1. The first-order valence-corrected chi connectivity index (χ1v) is 17.2. The fourth-order valence-corrected chi connectivity index (χ4v) is 5.47. The van der Waals surface area contributed by atoms with E-state index in [-0.39, 0.29) is 29.8 Å². The van der Waals surface area contributed by atoms with Crippen LogP contribution >= 0.6 is 7.60 Å². The first kappa shape index (κ1) is 34.9. The molecule has 0 spiro atoms. The number of rotatable bonds is 25. The lowest BCUT2D eigenvalue weighted by molar-refractivity contribution is 0.0926. The van der Waals surface area contributed by atoms with E-state index >= 15 is 0 Å². The van der Waals surface area contributed by atoms with E-state index in [0.717, 1.165) is 12.8 Å². The van der Waals surface area contributed by atoms with Crippen LogP contribution in [0.5, 0.6) is 0 Å². The molecule has 0 bridgehead atoms. The number of ether oxygens (including phenoxy) is 1. The topological polar surface area (TPSA) is 145 Å². The molecule has 11 heteroatoms. The third kappa shape index (κ3) is 16.1. The second-order valence-corrected chi connectivity index (χ2v) is 12.5. The van der Waals surface area contributed by atoms with Gasteiger partial charge < -0.3 is 24.5 Å². The summed E-state index contributed by atoms with van der Waals surface area (Å²) in [5.74, 6) is 0.0265. The van der Waals surface area contributed by atoms with Crippen LogP contribution in [0.25, 0.3) is 11.2 Å². The van der Waals surface area contributed by atoms with Gasteiger partial charge in [0, 0.05) is 13.2 Å². The molecule has 0 aliphatic rings. The van der Waals surface area contributed by atoms with Crippen molar-refractivity contribution in [2.24, 2.45) is 0 Å². The Morgan fingerprint density at radius 1 is 0.902 bits per heavy atom. The third-order valence-corrected chi connectivity index (χ3v) is 8.27. The van der Waals surface area contributed by atoms with Gasteiger partial charge in [-0.05, 0) is 38.5 Å². The minimum Gasteiger partial charge on any atom is -0.379 e. The van der Waals surface area contributed by atoms with Crippen molar-refractivity contribution in [2.75, 3.05) is 31.7 Å². The van der Waals surface area contributed by atoms with Gasteiger partial charge in [-0.3, -0.25) is 14.3 Å². The summed E-state index contributed by atoms with van der Waals surface area (Å²) in [6.45, 7) is 3.74. The highest BCUT2D eigenvalue weighted by molar-refractivity contribution is 7.52. The van der Waals surface area contributed by atoms with Crippen molar-refractivity contribution in [2.45, 2.75) is 110 Å². The summed E-state index contributed by atoms with van der Waals surface area (Å²) in [6.07, 6.45) is 28.0. The first-order chi connectivity index (χ1) is 19.9. The normalized spacial score (nSPS) is 13.6. The number of hydrogen-bond donors (Lipinski definition) is 3. The Balaban J connectivity index is 1.38. The van der Waals surface area contributed by atoms with Gasteiger partial charge in [0.1, 0.15) is 0 Å². The number of H-pyrrole nitrogens is 1. The number of aromatic nitrogens is 4. The average Bonchev–Trinajstić information content (AvgIpc) is 3.34. The number of nitrogens with one attached hydrogen (secondary N) is 1. The van der Waals surface area contributed by atoms with Gasteiger partial charge in [0.2, 0.25) is 5.95 Å². The van der Waals surface area contributed by atoms with Crippen molar-refractivity contribution >= 4 is 24.7 Å². The van der Waals surface area contributed by atoms with Gasteiger partial charge in [0.05, 0.1) is 25.7 Å². The minimum absolute atomic E-state index is 0.0218. The van der Waals surface area contributed by atoms with Crippen molar-refractivity contribution < 1.29 is 18.7 Å². The molecule has 0 saturated carbocycles. The molecule has 4 N–H and O–H groups in total. The van der Waals surface area contributed by atoms with E-state index < -0.39 is 7.60 Å². The number of anilines is 1. The fraction of sp³-hybridized carbons (Fsp3) is 0.700. The average molecular weight is 594 g/mol. The summed E-state index contributed by atoms with van der Waals surface area (Å²) in [6, 6.07) is 0. The molecule has 0 aliphatic carbocycles. The number of nitrogens with zero attached hydrogens (tertiary/aromatic N) is 3. The minimum atomic E-state index is -3.67. The summed E-state index contributed by atoms with van der Waals surface area (Å²) < 4.78 is 24.6. The lowest BCUT2D eigenvalue weighted by Gasteiger charge is -2.11. The van der Waals surface area contributed by atoms with E-state index in [2.05, 4.69) is 34.0 Å². The van der Waals surface area contributed by atoms with Crippen LogP contribution in [0.3, 0.4) is 0 Å². The van der Waals surface area contributed by atoms with Gasteiger partial charge in [0.25, 0.3) is 5.56 Å². The highest BCUT2D eigenvalue weighted by Gasteiger charge is 2.17. The summed E-state index contributed by atoms with van der Waals surface area (Å²) in [5, 5.41) is 0. The monoisotopic (exact) mass is 593 g/mol. The molecule has 2 aromatic heterocycles. The molecule has 0 fully saturated rings. The van der Waals surface area contributed by atoms with E-state index in [1.165, 1.54) is 83.4 Å². The zero-order valence-corrected chi connectivity index (χ0v) is 25.9. The van der Waals surface area contributed by atoms with Crippen LogP contribution in [0.15, 0.2) is 35.4 Å². The molecule has 10 nitrogen and oxygen atoms in total. The molecule has 1 atom stereocenters. The molecule has 2 heterocycles. The number of nitrogen functional groups attached to an aromatic ring is 1. The van der Waals surface area contributed by atoms with Crippen LogP contribution in [0.4, 0.5) is 5.95 Å². The zero-order chi connectivity index (χ0) is 29.6. The van der Waals surface area contributed by atoms with E-state index in [0.29, 0.717) is 31.8 Å². The van der Waals surface area contributed by atoms with Crippen LogP contribution in [0.2, 0.25) is 0 Å². The molecule has 0 radical (unpaired) electrons. The number of hydrogen-bond acceptors (Lipinski definition) is 7. The van der Waals surface area contributed by atoms with Crippen LogP contribution in [-0.2, 0) is 20.4 Å². The Kier molecular flexibility index (Phi) is 18.3. The molecule has 2 rings (SSSR count). The highest BCUT2D eigenvalue weighted by atomic mass is 31.2. The molecule has 0 saturated heterocycles.